The fourth-order valence-corrected chi connectivity index (χ4v) is 4.16. The zero-order chi connectivity index (χ0) is 20.3. The Labute approximate surface area is 167 Å². The molecule has 2 aromatic rings. The second kappa shape index (κ2) is 8.84. The molecule has 0 unspecified atom stereocenters. The van der Waals surface area contributed by atoms with Crippen molar-refractivity contribution in [1.82, 2.24) is 15.2 Å². The number of benzene rings is 1. The highest BCUT2D eigenvalue weighted by Gasteiger charge is 2.23. The Bertz CT molecular complexity index is 863. The molecule has 28 heavy (non-hydrogen) atoms. The van der Waals surface area contributed by atoms with Crippen LogP contribution in [-0.2, 0) is 13.1 Å². The normalized spacial score (nSPS) is 15.7. The van der Waals surface area contributed by atoms with E-state index in [-0.39, 0.29) is 17.6 Å². The van der Waals surface area contributed by atoms with Gasteiger partial charge in [-0.25, -0.2) is 0 Å². The van der Waals surface area contributed by atoms with Gasteiger partial charge in [0.15, 0.2) is 11.6 Å². The van der Waals surface area contributed by atoms with Crippen molar-refractivity contribution < 1.29 is 9.59 Å². The van der Waals surface area contributed by atoms with E-state index >= 15 is 0 Å². The van der Waals surface area contributed by atoms with Gasteiger partial charge in [-0.15, -0.1) is 0 Å². The molecule has 1 atom stereocenters. The first-order chi connectivity index (χ1) is 13.4. The van der Waals surface area contributed by atoms with E-state index in [2.05, 4.69) is 39.5 Å². The topological polar surface area (TPSA) is 65.2 Å². The van der Waals surface area contributed by atoms with Crippen molar-refractivity contribution in [3.63, 3.8) is 0 Å². The molecule has 1 saturated heterocycles. The van der Waals surface area contributed by atoms with Crippen molar-refractivity contribution in [3.05, 3.63) is 57.9 Å². The number of likely N-dealkylation sites (tertiary alicyclic amines) is 1. The van der Waals surface area contributed by atoms with Crippen molar-refractivity contribution in [2.24, 2.45) is 0 Å². The first kappa shape index (κ1) is 20.5. The van der Waals surface area contributed by atoms with Crippen LogP contribution in [-0.4, -0.2) is 40.6 Å². The number of aromatic nitrogens is 1. The van der Waals surface area contributed by atoms with Crippen molar-refractivity contribution in [1.29, 1.82) is 0 Å². The maximum Gasteiger partial charge on any atom is 0.195 e. The van der Waals surface area contributed by atoms with Crippen LogP contribution < -0.4 is 5.32 Å². The lowest BCUT2D eigenvalue weighted by Gasteiger charge is -2.19. The maximum atomic E-state index is 12.9. The van der Waals surface area contributed by atoms with E-state index < -0.39 is 0 Å². The zero-order valence-electron chi connectivity index (χ0n) is 17.4. The highest BCUT2D eigenvalue weighted by atomic mass is 16.1. The van der Waals surface area contributed by atoms with Crippen LogP contribution in [0, 0.1) is 13.8 Å². The molecule has 0 radical (unpaired) electrons. The Balaban J connectivity index is 1.67. The summed E-state index contributed by atoms with van der Waals surface area (Å²) in [7, 11) is 0. The molecule has 0 saturated carbocycles. The van der Waals surface area contributed by atoms with Crippen LogP contribution in [0.15, 0.2) is 24.3 Å². The van der Waals surface area contributed by atoms with Gasteiger partial charge in [-0.05, 0) is 70.3 Å². The van der Waals surface area contributed by atoms with Crippen LogP contribution in [0.5, 0.6) is 0 Å². The van der Waals surface area contributed by atoms with E-state index in [0.29, 0.717) is 17.8 Å². The van der Waals surface area contributed by atoms with Crippen LogP contribution in [0.3, 0.4) is 0 Å². The first-order valence-corrected chi connectivity index (χ1v) is 10.1. The minimum atomic E-state index is -0.337. The molecule has 1 aliphatic heterocycles. The number of carbonyl (C=O) groups excluding carboxylic acids is 2. The van der Waals surface area contributed by atoms with Gasteiger partial charge in [0, 0.05) is 24.3 Å². The van der Waals surface area contributed by atoms with Crippen LogP contribution in [0.25, 0.3) is 0 Å². The smallest absolute Gasteiger partial charge is 0.195 e. The first-order valence-electron chi connectivity index (χ1n) is 10.1. The van der Waals surface area contributed by atoms with Gasteiger partial charge in [-0.1, -0.05) is 24.3 Å². The Morgan fingerprint density at radius 3 is 2.39 bits per heavy atom. The number of aromatic amines is 1. The summed E-state index contributed by atoms with van der Waals surface area (Å²) in [5, 5.41) is 3.37. The average Bonchev–Trinajstić information content (AvgIpc) is 3.27. The quantitative estimate of drug-likeness (QED) is 0.683. The van der Waals surface area contributed by atoms with Crippen molar-refractivity contribution in [2.75, 3.05) is 13.1 Å². The highest BCUT2D eigenvalue weighted by molar-refractivity contribution is 6.05. The van der Waals surface area contributed by atoms with Gasteiger partial charge in [-0.2, -0.15) is 0 Å². The van der Waals surface area contributed by atoms with E-state index in [1.54, 1.807) is 0 Å². The van der Waals surface area contributed by atoms with Crippen LogP contribution >= 0.6 is 0 Å². The molecule has 0 amide bonds. The Kier molecular flexibility index (Phi) is 6.47. The summed E-state index contributed by atoms with van der Waals surface area (Å²) in [5.41, 5.74) is 5.23. The number of Topliss-reactive ketones (excluding diaryl/α,β-unsaturated/α-hetero) is 2. The van der Waals surface area contributed by atoms with E-state index in [0.717, 1.165) is 17.8 Å². The van der Waals surface area contributed by atoms with E-state index in [4.69, 9.17) is 0 Å². The van der Waals surface area contributed by atoms with Gasteiger partial charge in [0.2, 0.25) is 0 Å². The zero-order valence-corrected chi connectivity index (χ0v) is 17.4. The Morgan fingerprint density at radius 1 is 1.14 bits per heavy atom. The molecule has 2 heterocycles. The molecule has 2 N–H and O–H groups in total. The largest absolute Gasteiger partial charge is 0.355 e. The molecular formula is C23H31N3O2. The molecule has 1 fully saturated rings. The molecule has 0 bridgehead atoms. The van der Waals surface area contributed by atoms with E-state index in [9.17, 15) is 9.59 Å². The number of carbonyl (C=O) groups is 2. The monoisotopic (exact) mass is 381 g/mol. The number of nitrogens with one attached hydrogen (secondary N) is 2. The summed E-state index contributed by atoms with van der Waals surface area (Å²) >= 11 is 0. The SMILES string of the molecule is CC(=O)c1c(C)[nH]c(C(=O)[C@@H](C)NCc2ccccc2CN2CCCC2)c1C. The van der Waals surface area contributed by atoms with Gasteiger partial charge in [0.25, 0.3) is 0 Å². The summed E-state index contributed by atoms with van der Waals surface area (Å²) < 4.78 is 0. The molecule has 150 valence electrons. The van der Waals surface area contributed by atoms with Gasteiger partial charge in [-0.3, -0.25) is 14.5 Å². The molecular weight excluding hydrogens is 350 g/mol. The molecule has 1 aromatic heterocycles. The number of aryl methyl sites for hydroxylation is 1. The molecule has 1 aliphatic rings. The van der Waals surface area contributed by atoms with E-state index in [1.165, 1.54) is 44.0 Å². The molecule has 3 rings (SSSR count). The number of H-pyrrole nitrogens is 1. The Hall–Kier alpha value is -2.24. The number of nitrogens with zero attached hydrogens (tertiary/aromatic N) is 1. The van der Waals surface area contributed by atoms with Crippen molar-refractivity contribution in [3.8, 4) is 0 Å². The van der Waals surface area contributed by atoms with Crippen LogP contribution in [0.1, 0.15) is 69.9 Å². The number of rotatable bonds is 8. The van der Waals surface area contributed by atoms with Gasteiger partial charge >= 0.3 is 0 Å². The Morgan fingerprint density at radius 2 is 1.79 bits per heavy atom. The lowest BCUT2D eigenvalue weighted by molar-refractivity contribution is 0.0945. The van der Waals surface area contributed by atoms with Crippen molar-refractivity contribution in [2.45, 2.75) is 59.7 Å². The summed E-state index contributed by atoms with van der Waals surface area (Å²) in [6.45, 7) is 11.1. The molecule has 0 spiro atoms. The number of hydrogen-bond acceptors (Lipinski definition) is 4. The third kappa shape index (κ3) is 4.42. The second-order valence-corrected chi connectivity index (χ2v) is 7.90. The lowest BCUT2D eigenvalue weighted by atomic mass is 10.0. The minimum absolute atomic E-state index is 0.00914. The molecule has 5 heteroatoms. The summed E-state index contributed by atoms with van der Waals surface area (Å²) in [6, 6.07) is 8.11. The predicted molar refractivity (Wildman–Crippen MR) is 112 cm³/mol. The third-order valence-corrected chi connectivity index (χ3v) is 5.74. The fourth-order valence-electron chi connectivity index (χ4n) is 4.16. The minimum Gasteiger partial charge on any atom is -0.355 e. The molecule has 5 nitrogen and oxygen atoms in total. The predicted octanol–water partition coefficient (Wildman–Crippen LogP) is 3.79. The van der Waals surface area contributed by atoms with Crippen LogP contribution in [0.2, 0.25) is 0 Å². The maximum absolute atomic E-state index is 12.9. The summed E-state index contributed by atoms with van der Waals surface area (Å²) in [5.74, 6) is -0.0214. The van der Waals surface area contributed by atoms with E-state index in [1.807, 2.05) is 20.8 Å². The summed E-state index contributed by atoms with van der Waals surface area (Å²) in [6.07, 6.45) is 2.56. The van der Waals surface area contributed by atoms with Gasteiger partial charge in [0.05, 0.1) is 11.7 Å². The van der Waals surface area contributed by atoms with Gasteiger partial charge in [0.1, 0.15) is 0 Å². The standard InChI is InChI=1S/C23H31N3O2/c1-15-21(18(4)27)16(2)25-22(15)23(28)17(3)24-13-19-9-5-6-10-20(19)14-26-11-7-8-12-26/h5-6,9-10,17,24-25H,7-8,11-14H2,1-4H3/t17-/m1/s1. The second-order valence-electron chi connectivity index (χ2n) is 7.90. The third-order valence-electron chi connectivity index (χ3n) is 5.74. The lowest BCUT2D eigenvalue weighted by Crippen LogP contribution is -2.34. The number of hydrogen-bond donors (Lipinski definition) is 2. The summed E-state index contributed by atoms with van der Waals surface area (Å²) in [4.78, 5) is 30.4. The molecule has 0 aliphatic carbocycles. The van der Waals surface area contributed by atoms with Gasteiger partial charge < -0.3 is 10.3 Å². The average molecular weight is 382 g/mol. The van der Waals surface area contributed by atoms with Crippen molar-refractivity contribution >= 4 is 11.6 Å². The highest BCUT2D eigenvalue weighted by Crippen LogP contribution is 2.20. The molecule has 1 aromatic carbocycles. The fraction of sp³-hybridized carbons (Fsp3) is 0.478. The number of ketones is 2. The van der Waals surface area contributed by atoms with Crippen LogP contribution in [0.4, 0.5) is 0 Å².